The molecule has 1 amide bonds. The number of hydrogen-bond acceptors (Lipinski definition) is 7. The number of carbonyl (C=O) groups excluding carboxylic acids is 1. The fraction of sp³-hybridized carbons (Fsp3) is 0.229. The van der Waals surface area contributed by atoms with Gasteiger partial charge in [-0.1, -0.05) is 54.6 Å². The predicted octanol–water partition coefficient (Wildman–Crippen LogP) is 6.48. The molecule has 2 aromatic carbocycles. The Morgan fingerprint density at radius 3 is 2.63 bits per heavy atom. The second-order valence-corrected chi connectivity index (χ2v) is 12.4. The first-order chi connectivity index (χ1) is 22.2. The molecule has 0 radical (unpaired) electrons. The van der Waals surface area contributed by atoms with E-state index in [9.17, 15) is 9.59 Å². The van der Waals surface area contributed by atoms with Crippen LogP contribution < -0.4 is 10.6 Å². The highest BCUT2D eigenvalue weighted by molar-refractivity contribution is 7.98. The third-order valence-electron chi connectivity index (χ3n) is 8.26. The Bertz CT molecular complexity index is 2040. The van der Waals surface area contributed by atoms with Crippen LogP contribution in [0.1, 0.15) is 23.7 Å². The van der Waals surface area contributed by atoms with Crippen LogP contribution in [0.5, 0.6) is 0 Å². The van der Waals surface area contributed by atoms with Crippen molar-refractivity contribution in [3.63, 3.8) is 0 Å². The van der Waals surface area contributed by atoms with Crippen molar-refractivity contribution in [1.29, 1.82) is 0 Å². The van der Waals surface area contributed by atoms with Gasteiger partial charge in [0.1, 0.15) is 11.6 Å². The van der Waals surface area contributed by atoms with Gasteiger partial charge < -0.3 is 9.80 Å². The van der Waals surface area contributed by atoms with Gasteiger partial charge in [0, 0.05) is 43.2 Å². The molecule has 0 N–H and O–H groups in total. The van der Waals surface area contributed by atoms with Crippen LogP contribution >= 0.6 is 23.4 Å². The second kappa shape index (κ2) is 13.1. The number of hydrogen-bond donors (Lipinski definition) is 0. The number of fused-ring (bicyclic) bond motifs is 1. The summed E-state index contributed by atoms with van der Waals surface area (Å²) in [5, 5.41) is 0.751. The van der Waals surface area contributed by atoms with Gasteiger partial charge in [-0.15, -0.1) is 11.8 Å². The maximum atomic E-state index is 15.5. The van der Waals surface area contributed by atoms with Crippen molar-refractivity contribution in [2.24, 2.45) is 0 Å². The molecule has 0 saturated carbocycles. The summed E-state index contributed by atoms with van der Waals surface area (Å²) in [7, 11) is 0. The molecule has 1 aliphatic rings. The first-order valence-corrected chi connectivity index (χ1v) is 16.4. The Morgan fingerprint density at radius 1 is 1.13 bits per heavy atom. The maximum Gasteiger partial charge on any atom is 0.355 e. The summed E-state index contributed by atoms with van der Waals surface area (Å²) < 4.78 is 17.0. The van der Waals surface area contributed by atoms with E-state index < -0.39 is 11.5 Å². The Hall–Kier alpha value is -4.54. The monoisotopic (exact) mass is 654 g/mol. The fourth-order valence-electron chi connectivity index (χ4n) is 6.04. The van der Waals surface area contributed by atoms with Gasteiger partial charge in [0.05, 0.1) is 33.0 Å². The number of benzene rings is 2. The summed E-state index contributed by atoms with van der Waals surface area (Å²) in [6.07, 6.45) is 5.35. The van der Waals surface area contributed by atoms with Crippen molar-refractivity contribution >= 4 is 46.1 Å². The zero-order valence-corrected chi connectivity index (χ0v) is 27.3. The number of pyridine rings is 2. The molecule has 6 rings (SSSR count). The van der Waals surface area contributed by atoms with E-state index in [0.717, 1.165) is 11.1 Å². The Balaban J connectivity index is 1.63. The molecule has 8 nitrogen and oxygen atoms in total. The SMILES string of the molecule is C=CC(=O)N1CCN(c2nc(=O)n(-c3c(C)ccnc3Cc3ccccc3)c3nc(-c4c(F)cccc4SC)c(Cl)cc23)[C@@H](C)C1. The van der Waals surface area contributed by atoms with E-state index >= 15 is 4.39 Å². The summed E-state index contributed by atoms with van der Waals surface area (Å²) in [4.78, 5) is 45.3. The maximum absolute atomic E-state index is 15.5. The quantitative estimate of drug-likeness (QED) is 0.147. The van der Waals surface area contributed by atoms with Crippen LogP contribution in [0.3, 0.4) is 0 Å². The van der Waals surface area contributed by atoms with Crippen LogP contribution in [0.15, 0.2) is 89.2 Å². The molecular weight excluding hydrogens is 623 g/mol. The number of nitrogens with zero attached hydrogens (tertiary/aromatic N) is 6. The van der Waals surface area contributed by atoms with Crippen LogP contribution in [0, 0.1) is 12.7 Å². The van der Waals surface area contributed by atoms with Gasteiger partial charge in [-0.05, 0) is 61.6 Å². The Labute approximate surface area is 275 Å². The van der Waals surface area contributed by atoms with Gasteiger partial charge in [-0.2, -0.15) is 4.98 Å². The first kappa shape index (κ1) is 31.4. The topological polar surface area (TPSA) is 84.2 Å². The lowest BCUT2D eigenvalue weighted by Crippen LogP contribution is -2.54. The van der Waals surface area contributed by atoms with Crippen molar-refractivity contribution in [3.8, 4) is 16.9 Å². The number of amides is 1. The van der Waals surface area contributed by atoms with Gasteiger partial charge in [-0.3, -0.25) is 9.78 Å². The van der Waals surface area contributed by atoms with Crippen LogP contribution in [-0.2, 0) is 11.2 Å². The summed E-state index contributed by atoms with van der Waals surface area (Å²) in [5.41, 5.74) is 3.28. The van der Waals surface area contributed by atoms with Crippen molar-refractivity contribution in [2.45, 2.75) is 31.2 Å². The lowest BCUT2D eigenvalue weighted by atomic mass is 10.1. The first-order valence-electron chi connectivity index (χ1n) is 14.8. The molecule has 1 fully saturated rings. The Kier molecular flexibility index (Phi) is 8.93. The van der Waals surface area contributed by atoms with Crippen LogP contribution in [0.4, 0.5) is 10.2 Å². The summed E-state index contributed by atoms with van der Waals surface area (Å²) in [6, 6.07) is 18.1. The van der Waals surface area contributed by atoms with E-state index in [4.69, 9.17) is 21.6 Å². The summed E-state index contributed by atoms with van der Waals surface area (Å²) in [6.45, 7) is 8.78. The number of rotatable bonds is 7. The molecule has 3 aromatic heterocycles. The minimum atomic E-state index is -0.552. The molecule has 46 heavy (non-hydrogen) atoms. The molecule has 4 heterocycles. The van der Waals surface area contributed by atoms with Crippen LogP contribution in [0.2, 0.25) is 5.02 Å². The third kappa shape index (κ3) is 5.78. The number of piperazine rings is 1. The van der Waals surface area contributed by atoms with Crippen LogP contribution in [0.25, 0.3) is 28.0 Å². The molecule has 1 aliphatic heterocycles. The van der Waals surface area contributed by atoms with E-state index in [0.29, 0.717) is 53.5 Å². The average molecular weight is 655 g/mol. The smallest absolute Gasteiger partial charge is 0.350 e. The fourth-order valence-corrected chi connectivity index (χ4v) is 6.90. The second-order valence-electron chi connectivity index (χ2n) is 11.2. The molecule has 5 aromatic rings. The van der Waals surface area contributed by atoms with Crippen molar-refractivity contribution in [3.05, 3.63) is 118 Å². The molecule has 1 saturated heterocycles. The highest BCUT2D eigenvalue weighted by Crippen LogP contribution is 2.39. The molecule has 234 valence electrons. The normalized spacial score (nSPS) is 14.9. The van der Waals surface area contributed by atoms with Gasteiger partial charge in [0.25, 0.3) is 0 Å². The van der Waals surface area contributed by atoms with Crippen molar-refractivity contribution in [1.82, 2.24) is 24.4 Å². The van der Waals surface area contributed by atoms with Crippen molar-refractivity contribution in [2.75, 3.05) is 30.8 Å². The van der Waals surface area contributed by atoms with Gasteiger partial charge >= 0.3 is 5.69 Å². The highest BCUT2D eigenvalue weighted by atomic mass is 35.5. The number of halogens is 2. The zero-order chi connectivity index (χ0) is 32.5. The van der Waals surface area contributed by atoms with E-state index in [1.807, 2.05) is 67.5 Å². The minimum absolute atomic E-state index is 0.151. The lowest BCUT2D eigenvalue weighted by Gasteiger charge is -2.40. The molecule has 0 bridgehead atoms. The number of aryl methyl sites for hydroxylation is 1. The van der Waals surface area contributed by atoms with Gasteiger partial charge in [0.15, 0.2) is 5.65 Å². The summed E-state index contributed by atoms with van der Waals surface area (Å²) in [5.74, 6) is -0.218. The highest BCUT2D eigenvalue weighted by Gasteiger charge is 2.30. The van der Waals surface area contributed by atoms with E-state index in [2.05, 4.69) is 11.6 Å². The third-order valence-corrected chi connectivity index (χ3v) is 9.33. The minimum Gasteiger partial charge on any atom is -0.350 e. The summed E-state index contributed by atoms with van der Waals surface area (Å²) >= 11 is 8.31. The standard InChI is InChI=1S/C35H32ClFN6O2S/c1-5-29(44)41-16-17-42(22(3)20-41)33-24-19-25(36)31(30-26(37)12-9-13-28(30)46-4)39-34(24)43(35(45)40-33)32-21(2)14-15-38-27(32)18-23-10-7-6-8-11-23/h5-15,19,22H,1,16-18,20H2,2-4H3/t22-/m0/s1. The van der Waals surface area contributed by atoms with E-state index in [-0.39, 0.29) is 33.9 Å². The van der Waals surface area contributed by atoms with Gasteiger partial charge in [0.2, 0.25) is 5.91 Å². The number of anilines is 1. The lowest BCUT2D eigenvalue weighted by molar-refractivity contribution is -0.126. The predicted molar refractivity (Wildman–Crippen MR) is 183 cm³/mol. The van der Waals surface area contributed by atoms with Gasteiger partial charge in [-0.25, -0.2) is 18.7 Å². The average Bonchev–Trinajstić information content (AvgIpc) is 3.05. The Morgan fingerprint density at radius 2 is 1.91 bits per heavy atom. The number of thioether (sulfide) groups is 1. The van der Waals surface area contributed by atoms with Crippen LogP contribution in [-0.4, -0.2) is 62.3 Å². The molecule has 0 spiro atoms. The number of aromatic nitrogens is 4. The molecular formula is C35H32ClFN6O2S. The van der Waals surface area contributed by atoms with Crippen molar-refractivity contribution < 1.29 is 9.18 Å². The van der Waals surface area contributed by atoms with E-state index in [1.54, 1.807) is 23.2 Å². The molecule has 0 aliphatic carbocycles. The number of carbonyl (C=O) groups is 1. The molecule has 0 unspecified atom stereocenters. The molecule has 11 heteroatoms. The molecule has 1 atom stereocenters. The van der Waals surface area contributed by atoms with E-state index in [1.165, 1.54) is 28.5 Å². The zero-order valence-electron chi connectivity index (χ0n) is 25.7. The largest absolute Gasteiger partial charge is 0.355 e.